The molecule has 0 spiro atoms. The number of hydrogen-bond acceptors (Lipinski definition) is 23. The summed E-state index contributed by atoms with van der Waals surface area (Å²) in [6.07, 6.45) is 5.61. The summed E-state index contributed by atoms with van der Waals surface area (Å²) in [6.45, 7) is -3.71. The van der Waals surface area contributed by atoms with Crippen LogP contribution >= 0.6 is 0 Å². The molecule has 0 saturated carbocycles. The molecule has 0 aliphatic heterocycles. The topological polar surface area (TPSA) is 643 Å². The fraction of sp³-hybridized carbons (Fsp3) is 0.554. The first kappa shape index (κ1) is 89.5. The summed E-state index contributed by atoms with van der Waals surface area (Å²) in [6, 6.07) is -2.20. The van der Waals surface area contributed by atoms with E-state index >= 15 is 0 Å². The molecular formula is C65H98N20O22. The molecule has 107 heavy (non-hydrogen) atoms. The molecule has 0 aliphatic carbocycles. The Kier molecular flexibility index (Phi) is 41.7. The van der Waals surface area contributed by atoms with E-state index in [2.05, 4.69) is 78.4 Å². The van der Waals surface area contributed by atoms with E-state index in [1.807, 2.05) is 0 Å². The Balaban J connectivity index is 1.76. The number of unbranched alkanes of at least 4 members (excludes halogenated alkanes) is 2. The maximum absolute atomic E-state index is 14.6. The van der Waals surface area contributed by atoms with Crippen molar-refractivity contribution >= 4 is 101 Å². The van der Waals surface area contributed by atoms with Gasteiger partial charge in [0.1, 0.15) is 36.0 Å². The van der Waals surface area contributed by atoms with Gasteiger partial charge < -0.3 is 105 Å². The molecule has 42 heteroatoms. The van der Waals surface area contributed by atoms with Gasteiger partial charge >= 0.3 is 23.9 Å². The quantitative estimate of drug-likeness (QED) is 0.0234. The number of imidazole rings is 2. The highest BCUT2D eigenvalue weighted by Gasteiger charge is 2.33. The maximum atomic E-state index is 14.6. The van der Waals surface area contributed by atoms with E-state index in [0.29, 0.717) is 31.5 Å². The van der Waals surface area contributed by atoms with Gasteiger partial charge in [0.05, 0.1) is 58.5 Å². The lowest BCUT2D eigenvalue weighted by Crippen LogP contribution is -2.59. The van der Waals surface area contributed by atoms with Crippen LogP contribution in [0.4, 0.5) is 0 Å². The van der Waals surface area contributed by atoms with Crippen molar-refractivity contribution in [3.05, 3.63) is 66.3 Å². The minimum absolute atomic E-state index is 0.0359. The Morgan fingerprint density at radius 1 is 0.421 bits per heavy atom. The van der Waals surface area contributed by atoms with Gasteiger partial charge in [-0.15, -0.1) is 0 Å². The number of nitrogens with two attached hydrogens (primary N) is 2. The van der Waals surface area contributed by atoms with E-state index in [1.54, 1.807) is 12.4 Å². The Labute approximate surface area is 613 Å². The first-order valence-corrected chi connectivity index (χ1v) is 34.3. The van der Waals surface area contributed by atoms with Crippen LogP contribution in [-0.4, -0.2) is 289 Å². The van der Waals surface area contributed by atoms with Crippen molar-refractivity contribution in [3.63, 3.8) is 0 Å². The number of aromatic amines is 2. The molecule has 3 rings (SSSR count). The molecular weight excluding hydrogens is 1410 g/mol. The monoisotopic (exact) mass is 1510 g/mol. The number of phenols is 1. The van der Waals surface area contributed by atoms with Gasteiger partial charge in [0.2, 0.25) is 76.8 Å². The van der Waals surface area contributed by atoms with Crippen LogP contribution in [0, 0.1) is 0 Å². The fourth-order valence-corrected chi connectivity index (χ4v) is 10.1. The Hall–Kier alpha value is -11.7. The lowest BCUT2D eigenvalue weighted by molar-refractivity contribution is -0.143. The Morgan fingerprint density at radius 2 is 0.813 bits per heavy atom. The molecule has 1 aromatic carbocycles. The van der Waals surface area contributed by atoms with Crippen molar-refractivity contribution in [1.82, 2.24) is 93.1 Å². The van der Waals surface area contributed by atoms with Gasteiger partial charge in [0.25, 0.3) is 0 Å². The van der Waals surface area contributed by atoms with Crippen LogP contribution in [0.2, 0.25) is 0 Å². The number of carbonyl (C=O) groups is 17. The number of nitrogens with zero attached hydrogens (tertiary/aromatic N) is 5. The standard InChI is InChI=1S/C65H98N20O22/c1-40(78-63(105)47(12-13-49(66)87)79-56(94)33-84(35-58(97)98)26-24-83(34-57(95)96)25-27-85(36-59(99)100)37-60(101)102)62(104)81-46(7-3-5-21-71-55(93)32-75-53(91)17-15-51(89)73-23-19-43-30-69-39-77-43)64(106)82-48(28-41-8-10-44(86)11-9-41)65(107)80-45(61(67)103)6-2-4-20-70-54(92)31-74-52(90)16-14-50(88)72-22-18-42-29-68-38-76-42/h8-11,29-30,38-40,45-48,86H,2-7,12-28,31-37H2,1H3,(H2,66,87)(H2,67,103)(H,68,76)(H,69,77)(H,70,92)(H,71,93)(H,72,88)(H,73,89)(H,74,90)(H,75,91)(H,78,105)(H,79,94)(H,80,107)(H,81,104)(H,82,106)(H,95,96)(H,97,98)(H,99,100)(H,101,102)/t40-,45-,46-,47-,48+/m0/s1. The molecule has 0 fully saturated rings. The number of nitrogens with one attached hydrogen (secondary N) is 13. The zero-order valence-corrected chi connectivity index (χ0v) is 59.3. The predicted octanol–water partition coefficient (Wildman–Crippen LogP) is -7.10. The summed E-state index contributed by atoms with van der Waals surface area (Å²) in [5, 5.41) is 75.7. The van der Waals surface area contributed by atoms with Gasteiger partial charge in [-0.3, -0.25) is 96.2 Å². The van der Waals surface area contributed by atoms with Crippen LogP contribution in [0.5, 0.6) is 5.75 Å². The second-order valence-electron chi connectivity index (χ2n) is 24.7. The number of H-pyrrole nitrogens is 2. The summed E-state index contributed by atoms with van der Waals surface area (Å²) in [5.41, 5.74) is 13.1. The van der Waals surface area contributed by atoms with Crippen LogP contribution in [0.15, 0.2) is 49.3 Å². The number of carboxylic acid groups (broad SMARTS) is 4. The Bertz CT molecular complexity index is 3420. The molecule has 2 aromatic heterocycles. The van der Waals surface area contributed by atoms with Crippen molar-refractivity contribution in [1.29, 1.82) is 0 Å². The number of rotatable bonds is 57. The van der Waals surface area contributed by atoms with E-state index in [0.717, 1.165) is 21.2 Å². The highest BCUT2D eigenvalue weighted by molar-refractivity contribution is 5.97. The third-order valence-corrected chi connectivity index (χ3v) is 15.7. The van der Waals surface area contributed by atoms with Crippen LogP contribution in [0.1, 0.15) is 101 Å². The molecule has 5 atom stereocenters. The summed E-state index contributed by atoms with van der Waals surface area (Å²) < 4.78 is 0. The molecule has 2 heterocycles. The number of amides is 13. The normalized spacial score (nSPS) is 12.4. The molecule has 0 unspecified atom stereocenters. The SMILES string of the molecule is C[C@H](NC(=O)[C@H](CCC(N)=O)NC(=O)CN(CCN(CCN(CC(=O)O)CC(=O)O)CC(=O)O)CC(=O)O)C(=O)N[C@@H](CCCCNC(=O)CNC(=O)CCC(=O)NCCc1cnc[nH]1)C(=O)N[C@H](Cc1ccc(O)cc1)C(=O)N[C@@H](CCCCNC(=O)CNC(=O)CCC(=O)NCCc1cnc[nH]1)C(N)=O. The molecule has 0 bridgehead atoms. The smallest absolute Gasteiger partial charge is 0.317 e. The van der Waals surface area contributed by atoms with Gasteiger partial charge in [-0.2, -0.15) is 0 Å². The highest BCUT2D eigenvalue weighted by atomic mass is 16.4. The van der Waals surface area contributed by atoms with Crippen LogP contribution in [-0.2, 0) is 101 Å². The van der Waals surface area contributed by atoms with Gasteiger partial charge in [-0.25, -0.2) is 9.97 Å². The number of aromatic hydroxyl groups is 1. The number of hydrogen-bond donors (Lipinski definition) is 20. The van der Waals surface area contributed by atoms with Gasteiger partial charge in [-0.1, -0.05) is 12.1 Å². The van der Waals surface area contributed by atoms with E-state index in [9.17, 15) is 107 Å². The lowest BCUT2D eigenvalue weighted by atomic mass is 10.0. The van der Waals surface area contributed by atoms with Gasteiger partial charge in [0, 0.05) is 128 Å². The van der Waals surface area contributed by atoms with E-state index in [1.165, 1.54) is 48.7 Å². The lowest BCUT2D eigenvalue weighted by Gasteiger charge is -2.28. The summed E-state index contributed by atoms with van der Waals surface area (Å²) in [7, 11) is 0. The van der Waals surface area contributed by atoms with Crippen LogP contribution in [0.25, 0.3) is 0 Å². The van der Waals surface area contributed by atoms with Crippen molar-refractivity contribution in [2.75, 3.05) is 98.2 Å². The fourth-order valence-electron chi connectivity index (χ4n) is 10.1. The third kappa shape index (κ3) is 41.4. The van der Waals surface area contributed by atoms with Crippen LogP contribution in [0.3, 0.4) is 0 Å². The minimum Gasteiger partial charge on any atom is -0.508 e. The number of primary amides is 2. The second-order valence-corrected chi connectivity index (χ2v) is 24.7. The third-order valence-electron chi connectivity index (χ3n) is 15.7. The summed E-state index contributed by atoms with van der Waals surface area (Å²) in [4.78, 5) is 233. The highest BCUT2D eigenvalue weighted by Crippen LogP contribution is 2.14. The molecule has 22 N–H and O–H groups in total. The molecule has 0 radical (unpaired) electrons. The number of carboxylic acids is 4. The predicted molar refractivity (Wildman–Crippen MR) is 373 cm³/mol. The molecule has 13 amide bonds. The van der Waals surface area contributed by atoms with Crippen molar-refractivity contribution < 1.29 is 107 Å². The average molecular weight is 1510 g/mol. The molecule has 3 aromatic rings. The first-order chi connectivity index (χ1) is 50.8. The maximum Gasteiger partial charge on any atom is 0.317 e. The largest absolute Gasteiger partial charge is 0.508 e. The number of phenolic OH excluding ortho intramolecular Hbond substituents is 1. The molecule has 0 saturated heterocycles. The first-order valence-electron chi connectivity index (χ1n) is 34.3. The van der Waals surface area contributed by atoms with Crippen molar-refractivity contribution in [2.45, 2.75) is 133 Å². The molecule has 42 nitrogen and oxygen atoms in total. The van der Waals surface area contributed by atoms with E-state index < -0.39 is 184 Å². The average Bonchev–Trinajstić information content (AvgIpc) is 1.73. The molecule has 0 aliphatic rings. The van der Waals surface area contributed by atoms with Crippen LogP contribution < -0.4 is 70.0 Å². The van der Waals surface area contributed by atoms with Gasteiger partial charge in [0.15, 0.2) is 0 Å². The van der Waals surface area contributed by atoms with E-state index in [4.69, 9.17) is 11.5 Å². The zero-order chi connectivity index (χ0) is 79.2. The number of aliphatic carboxylic acids is 4. The Morgan fingerprint density at radius 3 is 1.26 bits per heavy atom. The molecule has 590 valence electrons. The van der Waals surface area contributed by atoms with Crippen molar-refractivity contribution in [3.8, 4) is 5.75 Å². The summed E-state index contributed by atoms with van der Waals surface area (Å²) >= 11 is 0. The minimum atomic E-state index is -1.65. The second kappa shape index (κ2) is 49.9. The van der Waals surface area contributed by atoms with E-state index in [-0.39, 0.29) is 122 Å². The number of aromatic nitrogens is 4. The number of carbonyl (C=O) groups excluding carboxylic acids is 13. The zero-order valence-electron chi connectivity index (χ0n) is 59.3. The number of benzene rings is 1. The van der Waals surface area contributed by atoms with Crippen molar-refractivity contribution in [2.24, 2.45) is 11.5 Å². The van der Waals surface area contributed by atoms with Gasteiger partial charge in [-0.05, 0) is 69.6 Å². The summed E-state index contributed by atoms with van der Waals surface area (Å²) in [5.74, 6) is -15.7.